The van der Waals surface area contributed by atoms with Gasteiger partial charge in [0.2, 0.25) is 0 Å². The van der Waals surface area contributed by atoms with E-state index in [2.05, 4.69) is 25.7 Å². The summed E-state index contributed by atoms with van der Waals surface area (Å²) in [5.41, 5.74) is 2.40. The fourth-order valence-corrected chi connectivity index (χ4v) is 2.41. The van der Waals surface area contributed by atoms with E-state index in [1.54, 1.807) is 29.3 Å². The van der Waals surface area contributed by atoms with Crippen molar-refractivity contribution in [3.05, 3.63) is 66.4 Å². The molecule has 0 spiro atoms. The van der Waals surface area contributed by atoms with E-state index in [1.165, 1.54) is 6.33 Å². The quantitative estimate of drug-likeness (QED) is 0.722. The molecule has 7 nitrogen and oxygen atoms in total. The molecular weight excluding hydrogens is 316 g/mol. The molecule has 2 aromatic heterocycles. The maximum Gasteiger partial charge on any atom is 0.255 e. The maximum atomic E-state index is 12.5. The molecule has 3 rings (SSSR count). The Morgan fingerprint density at radius 1 is 1.24 bits per heavy atom. The second-order valence-electron chi connectivity index (χ2n) is 5.89. The number of carbonyl (C=O) groups excluding carboxylic acids is 1. The molecule has 0 aliphatic carbocycles. The van der Waals surface area contributed by atoms with E-state index >= 15 is 0 Å². The summed E-state index contributed by atoms with van der Waals surface area (Å²) in [6, 6.07) is 11.5. The monoisotopic (exact) mass is 336 g/mol. The predicted molar refractivity (Wildman–Crippen MR) is 95.5 cm³/mol. The summed E-state index contributed by atoms with van der Waals surface area (Å²) in [6.45, 7) is 4.43. The van der Waals surface area contributed by atoms with E-state index in [0.717, 1.165) is 11.3 Å². The number of benzene rings is 1. The molecule has 1 amide bonds. The van der Waals surface area contributed by atoms with E-state index in [1.807, 2.05) is 38.1 Å². The summed E-state index contributed by atoms with van der Waals surface area (Å²) in [7, 11) is 0. The first-order chi connectivity index (χ1) is 12.1. The molecule has 0 saturated carbocycles. The minimum Gasteiger partial charge on any atom is -0.367 e. The fraction of sp³-hybridized carbons (Fsp3) is 0.222. The number of nitrogens with one attached hydrogen (secondary N) is 2. The molecule has 0 atom stereocenters. The number of anilines is 1. The summed E-state index contributed by atoms with van der Waals surface area (Å²) in [6.07, 6.45) is 4.79. The van der Waals surface area contributed by atoms with E-state index in [0.29, 0.717) is 17.9 Å². The Kier molecular flexibility index (Phi) is 5.03. The summed E-state index contributed by atoms with van der Waals surface area (Å²) < 4.78 is 1.68. The SMILES string of the molecule is CC(C)Nc1ncccc1C(=O)NCc1cccc(-n2cncn2)c1. The number of hydrogen-bond donors (Lipinski definition) is 2. The number of aromatic nitrogens is 4. The van der Waals surface area contributed by atoms with Gasteiger partial charge < -0.3 is 10.6 Å². The highest BCUT2D eigenvalue weighted by molar-refractivity contribution is 5.98. The van der Waals surface area contributed by atoms with Gasteiger partial charge in [0.15, 0.2) is 0 Å². The van der Waals surface area contributed by atoms with Gasteiger partial charge in [-0.15, -0.1) is 0 Å². The highest BCUT2D eigenvalue weighted by Crippen LogP contribution is 2.13. The van der Waals surface area contributed by atoms with Gasteiger partial charge in [-0.2, -0.15) is 5.10 Å². The van der Waals surface area contributed by atoms with Crippen LogP contribution in [0.5, 0.6) is 0 Å². The van der Waals surface area contributed by atoms with Crippen molar-refractivity contribution in [2.24, 2.45) is 0 Å². The standard InChI is InChI=1S/C18H20N6O/c1-13(2)23-17-16(7-4-8-20-17)18(25)21-10-14-5-3-6-15(9-14)24-12-19-11-22-24/h3-9,11-13H,10H2,1-2H3,(H,20,23)(H,21,25). The van der Waals surface area contributed by atoms with Crippen molar-refractivity contribution in [3.8, 4) is 5.69 Å². The molecule has 0 bridgehead atoms. The molecule has 0 aliphatic heterocycles. The van der Waals surface area contributed by atoms with E-state index < -0.39 is 0 Å². The Hall–Kier alpha value is -3.22. The molecular formula is C18H20N6O. The Morgan fingerprint density at radius 2 is 2.12 bits per heavy atom. The molecule has 0 unspecified atom stereocenters. The number of rotatable bonds is 6. The Morgan fingerprint density at radius 3 is 2.88 bits per heavy atom. The molecule has 2 N–H and O–H groups in total. The fourth-order valence-electron chi connectivity index (χ4n) is 2.41. The van der Waals surface area contributed by atoms with Crippen LogP contribution in [-0.4, -0.2) is 31.7 Å². The average Bonchev–Trinajstić information content (AvgIpc) is 3.15. The predicted octanol–water partition coefficient (Wildman–Crippen LogP) is 2.41. The lowest BCUT2D eigenvalue weighted by Gasteiger charge is -2.13. The first-order valence-corrected chi connectivity index (χ1v) is 8.07. The van der Waals surface area contributed by atoms with Crippen molar-refractivity contribution in [1.29, 1.82) is 0 Å². The van der Waals surface area contributed by atoms with Gasteiger partial charge in [0.05, 0.1) is 11.3 Å². The van der Waals surface area contributed by atoms with Crippen LogP contribution in [0.1, 0.15) is 29.8 Å². The van der Waals surface area contributed by atoms with Crippen LogP contribution in [0.15, 0.2) is 55.2 Å². The highest BCUT2D eigenvalue weighted by Gasteiger charge is 2.12. The van der Waals surface area contributed by atoms with Crippen molar-refractivity contribution in [2.45, 2.75) is 26.4 Å². The average molecular weight is 336 g/mol. The third-order valence-electron chi connectivity index (χ3n) is 3.52. The molecule has 128 valence electrons. The van der Waals surface area contributed by atoms with Crippen molar-refractivity contribution in [1.82, 2.24) is 25.1 Å². The lowest BCUT2D eigenvalue weighted by Crippen LogP contribution is -2.25. The van der Waals surface area contributed by atoms with Crippen molar-refractivity contribution >= 4 is 11.7 Å². The van der Waals surface area contributed by atoms with Crippen LogP contribution in [0.3, 0.4) is 0 Å². The zero-order valence-corrected chi connectivity index (χ0v) is 14.2. The first kappa shape index (κ1) is 16.6. The minimum absolute atomic E-state index is 0.164. The van der Waals surface area contributed by atoms with Gasteiger partial charge in [-0.3, -0.25) is 4.79 Å². The summed E-state index contributed by atoms with van der Waals surface area (Å²) in [5.74, 6) is 0.425. The normalized spacial score (nSPS) is 10.7. The topological polar surface area (TPSA) is 84.7 Å². The van der Waals surface area contributed by atoms with Crippen molar-refractivity contribution < 1.29 is 4.79 Å². The van der Waals surface area contributed by atoms with Crippen LogP contribution in [0.25, 0.3) is 5.69 Å². The first-order valence-electron chi connectivity index (χ1n) is 8.07. The van der Waals surface area contributed by atoms with Crippen LogP contribution < -0.4 is 10.6 Å². The van der Waals surface area contributed by atoms with Gasteiger partial charge in [0.1, 0.15) is 18.5 Å². The molecule has 0 fully saturated rings. The van der Waals surface area contributed by atoms with Crippen LogP contribution >= 0.6 is 0 Å². The second-order valence-corrected chi connectivity index (χ2v) is 5.89. The van der Waals surface area contributed by atoms with E-state index in [-0.39, 0.29) is 11.9 Å². The number of carbonyl (C=O) groups is 1. The van der Waals surface area contributed by atoms with Crippen LogP contribution in [0, 0.1) is 0 Å². The Bertz CT molecular complexity index is 844. The molecule has 2 heterocycles. The maximum absolute atomic E-state index is 12.5. The smallest absolute Gasteiger partial charge is 0.255 e. The molecule has 0 radical (unpaired) electrons. The second kappa shape index (κ2) is 7.57. The summed E-state index contributed by atoms with van der Waals surface area (Å²) in [4.78, 5) is 20.7. The minimum atomic E-state index is -0.164. The molecule has 3 aromatic rings. The van der Waals surface area contributed by atoms with Gasteiger partial charge in [-0.05, 0) is 43.7 Å². The highest BCUT2D eigenvalue weighted by atomic mass is 16.1. The third kappa shape index (κ3) is 4.20. The molecule has 1 aromatic carbocycles. The van der Waals surface area contributed by atoms with Crippen LogP contribution in [0.2, 0.25) is 0 Å². The van der Waals surface area contributed by atoms with Gasteiger partial charge in [0.25, 0.3) is 5.91 Å². The zero-order valence-electron chi connectivity index (χ0n) is 14.2. The third-order valence-corrected chi connectivity index (χ3v) is 3.52. The van der Waals surface area contributed by atoms with Gasteiger partial charge >= 0.3 is 0 Å². The van der Waals surface area contributed by atoms with Crippen molar-refractivity contribution in [3.63, 3.8) is 0 Å². The van der Waals surface area contributed by atoms with Crippen LogP contribution in [0.4, 0.5) is 5.82 Å². The Balaban J connectivity index is 1.70. The summed E-state index contributed by atoms with van der Waals surface area (Å²) in [5, 5.41) is 10.2. The van der Waals surface area contributed by atoms with Gasteiger partial charge in [0, 0.05) is 18.8 Å². The molecule has 0 aliphatic rings. The van der Waals surface area contributed by atoms with E-state index in [4.69, 9.17) is 0 Å². The molecule has 0 saturated heterocycles. The Labute approximate surface area is 146 Å². The lowest BCUT2D eigenvalue weighted by molar-refractivity contribution is 0.0951. The molecule has 7 heteroatoms. The lowest BCUT2D eigenvalue weighted by atomic mass is 10.2. The largest absolute Gasteiger partial charge is 0.367 e. The number of nitrogens with zero attached hydrogens (tertiary/aromatic N) is 4. The van der Waals surface area contributed by atoms with Crippen LogP contribution in [-0.2, 0) is 6.54 Å². The number of pyridine rings is 1. The van der Waals surface area contributed by atoms with Crippen molar-refractivity contribution in [2.75, 3.05) is 5.32 Å². The number of hydrogen-bond acceptors (Lipinski definition) is 5. The van der Waals surface area contributed by atoms with Gasteiger partial charge in [-0.25, -0.2) is 14.6 Å². The van der Waals surface area contributed by atoms with E-state index in [9.17, 15) is 4.79 Å². The van der Waals surface area contributed by atoms with Gasteiger partial charge in [-0.1, -0.05) is 12.1 Å². The number of amides is 1. The molecule has 25 heavy (non-hydrogen) atoms. The summed E-state index contributed by atoms with van der Waals surface area (Å²) >= 11 is 0. The zero-order chi connectivity index (χ0) is 17.6.